The lowest BCUT2D eigenvalue weighted by Gasteiger charge is -2.30. The summed E-state index contributed by atoms with van der Waals surface area (Å²) in [7, 11) is 0. The number of carbonyl (C=O) groups is 1. The summed E-state index contributed by atoms with van der Waals surface area (Å²) in [5.41, 5.74) is 0.278. The molecule has 0 spiro atoms. The van der Waals surface area contributed by atoms with Gasteiger partial charge in [-0.15, -0.1) is 0 Å². The number of aryl methyl sites for hydroxylation is 2. The molecule has 0 aliphatic carbocycles. The summed E-state index contributed by atoms with van der Waals surface area (Å²) in [5, 5.41) is 2.60. The van der Waals surface area contributed by atoms with Gasteiger partial charge in [-0.1, -0.05) is 0 Å². The lowest BCUT2D eigenvalue weighted by molar-refractivity contribution is -0.139. The van der Waals surface area contributed by atoms with Crippen LogP contribution in [0.4, 0.5) is 24.5 Å². The van der Waals surface area contributed by atoms with Crippen molar-refractivity contribution < 1.29 is 27.4 Å². The summed E-state index contributed by atoms with van der Waals surface area (Å²) in [6.45, 7) is 8.16. The fourth-order valence-corrected chi connectivity index (χ4v) is 4.16. The van der Waals surface area contributed by atoms with Crippen LogP contribution in [0.15, 0.2) is 41.6 Å². The van der Waals surface area contributed by atoms with Crippen LogP contribution >= 0.6 is 0 Å². The standard InChI is InChI=1S/C26H28F3N5O4/c1-4-33-15-18(10-21(25(33)36)26(27,28)29)23(35)32-19-12-20(16(3)30-14-19)17-11-22(24(31-13-17)38-5-2)34-6-8-37-9-7-34/h10-15H,4-9H2,1-3H3,(H,32,35). The van der Waals surface area contributed by atoms with Gasteiger partial charge in [-0.2, -0.15) is 13.2 Å². The predicted octanol–water partition coefficient (Wildman–Crippen LogP) is 4.14. The molecule has 1 fully saturated rings. The van der Waals surface area contributed by atoms with Gasteiger partial charge in [0, 0.05) is 48.8 Å². The Bertz CT molecular complexity index is 1380. The number of hydrogen-bond donors (Lipinski definition) is 1. The van der Waals surface area contributed by atoms with Crippen LogP contribution in [0.3, 0.4) is 0 Å². The van der Waals surface area contributed by atoms with Gasteiger partial charge in [0.2, 0.25) is 5.88 Å². The van der Waals surface area contributed by atoms with Crippen LogP contribution in [0.25, 0.3) is 11.1 Å². The molecule has 1 amide bonds. The normalized spacial score (nSPS) is 13.9. The van der Waals surface area contributed by atoms with Crippen LogP contribution in [-0.2, 0) is 17.5 Å². The van der Waals surface area contributed by atoms with Gasteiger partial charge in [0.05, 0.1) is 37.3 Å². The monoisotopic (exact) mass is 531 g/mol. The Labute approximate surface area is 217 Å². The third-order valence-corrected chi connectivity index (χ3v) is 6.12. The topological polar surface area (TPSA) is 98.6 Å². The lowest BCUT2D eigenvalue weighted by atomic mass is 10.0. The molecule has 0 radical (unpaired) electrons. The van der Waals surface area contributed by atoms with E-state index in [9.17, 15) is 22.8 Å². The number of pyridine rings is 3. The van der Waals surface area contributed by atoms with Crippen LogP contribution < -0.4 is 20.5 Å². The minimum Gasteiger partial charge on any atom is -0.476 e. The molecule has 4 heterocycles. The number of ether oxygens (including phenoxy) is 2. The Morgan fingerprint density at radius 3 is 2.53 bits per heavy atom. The van der Waals surface area contributed by atoms with Crippen LogP contribution in [0, 0.1) is 6.92 Å². The maximum absolute atomic E-state index is 13.4. The molecular weight excluding hydrogens is 503 g/mol. The van der Waals surface area contributed by atoms with E-state index in [0.29, 0.717) is 56.1 Å². The molecule has 0 bridgehead atoms. The number of morpholine rings is 1. The summed E-state index contributed by atoms with van der Waals surface area (Å²) < 4.78 is 52.2. The highest BCUT2D eigenvalue weighted by atomic mass is 19.4. The van der Waals surface area contributed by atoms with Gasteiger partial charge in [0.1, 0.15) is 11.3 Å². The van der Waals surface area contributed by atoms with Crippen molar-refractivity contribution in [3.8, 4) is 17.0 Å². The minimum absolute atomic E-state index is 0.0184. The SMILES string of the molecule is CCOc1ncc(-c2cc(NC(=O)c3cc(C(F)(F)F)c(=O)n(CC)c3)cnc2C)cc1N1CCOCC1. The Morgan fingerprint density at radius 2 is 1.87 bits per heavy atom. The maximum atomic E-state index is 13.4. The molecule has 4 rings (SSSR count). The van der Waals surface area contributed by atoms with Crippen molar-refractivity contribution in [2.45, 2.75) is 33.5 Å². The number of nitrogens with zero attached hydrogens (tertiary/aromatic N) is 4. The fraction of sp³-hybridized carbons (Fsp3) is 0.385. The smallest absolute Gasteiger partial charge is 0.421 e. The zero-order valence-electron chi connectivity index (χ0n) is 21.3. The van der Waals surface area contributed by atoms with Gasteiger partial charge in [0.25, 0.3) is 11.5 Å². The second-order valence-electron chi connectivity index (χ2n) is 8.62. The molecule has 0 saturated carbocycles. The molecule has 9 nitrogen and oxygen atoms in total. The molecule has 1 aliphatic heterocycles. The third-order valence-electron chi connectivity index (χ3n) is 6.12. The van der Waals surface area contributed by atoms with Gasteiger partial charge in [0.15, 0.2) is 0 Å². The van der Waals surface area contributed by atoms with Crippen LogP contribution in [0.5, 0.6) is 5.88 Å². The summed E-state index contributed by atoms with van der Waals surface area (Å²) in [4.78, 5) is 36.0. The molecule has 1 aliphatic rings. The average molecular weight is 532 g/mol. The van der Waals surface area contributed by atoms with Crippen molar-refractivity contribution in [2.75, 3.05) is 43.1 Å². The van der Waals surface area contributed by atoms with E-state index in [2.05, 4.69) is 20.2 Å². The number of halogens is 3. The molecule has 0 atom stereocenters. The van der Waals surface area contributed by atoms with Crippen LogP contribution in [0.2, 0.25) is 0 Å². The van der Waals surface area contributed by atoms with E-state index in [4.69, 9.17) is 9.47 Å². The summed E-state index contributed by atoms with van der Waals surface area (Å²) in [5.74, 6) is -0.298. The molecule has 1 N–H and O–H groups in total. The van der Waals surface area contributed by atoms with Crippen molar-refractivity contribution in [1.29, 1.82) is 0 Å². The van der Waals surface area contributed by atoms with Gasteiger partial charge in [-0.05, 0) is 39.0 Å². The van der Waals surface area contributed by atoms with Crippen molar-refractivity contribution in [1.82, 2.24) is 14.5 Å². The second kappa shape index (κ2) is 11.2. The van der Waals surface area contributed by atoms with E-state index in [1.807, 2.05) is 13.0 Å². The van der Waals surface area contributed by atoms with E-state index in [1.54, 1.807) is 19.2 Å². The highest BCUT2D eigenvalue weighted by molar-refractivity contribution is 6.04. The van der Waals surface area contributed by atoms with E-state index < -0.39 is 23.2 Å². The highest BCUT2D eigenvalue weighted by Gasteiger charge is 2.35. The van der Waals surface area contributed by atoms with Gasteiger partial charge < -0.3 is 24.3 Å². The number of hydrogen-bond acceptors (Lipinski definition) is 7. The first kappa shape index (κ1) is 27.1. The molecule has 202 valence electrons. The third kappa shape index (κ3) is 5.80. The molecule has 1 saturated heterocycles. The van der Waals surface area contributed by atoms with E-state index in [-0.39, 0.29) is 17.8 Å². The molecule has 3 aromatic heterocycles. The largest absolute Gasteiger partial charge is 0.476 e. The molecule has 3 aromatic rings. The fourth-order valence-electron chi connectivity index (χ4n) is 4.16. The quantitative estimate of drug-likeness (QED) is 0.489. The zero-order chi connectivity index (χ0) is 27.4. The molecule has 0 aromatic carbocycles. The zero-order valence-corrected chi connectivity index (χ0v) is 21.3. The number of alkyl halides is 3. The number of aromatic nitrogens is 3. The highest BCUT2D eigenvalue weighted by Crippen LogP contribution is 2.34. The van der Waals surface area contributed by atoms with Gasteiger partial charge in [-0.25, -0.2) is 4.98 Å². The number of rotatable bonds is 7. The predicted molar refractivity (Wildman–Crippen MR) is 136 cm³/mol. The average Bonchev–Trinajstić information content (AvgIpc) is 2.90. The first-order valence-corrected chi connectivity index (χ1v) is 12.2. The molecule has 12 heteroatoms. The van der Waals surface area contributed by atoms with Crippen LogP contribution in [-0.4, -0.2) is 53.4 Å². The van der Waals surface area contributed by atoms with Crippen molar-refractivity contribution in [3.05, 3.63) is 64.0 Å². The first-order chi connectivity index (χ1) is 18.1. The number of anilines is 2. The Morgan fingerprint density at radius 1 is 1.13 bits per heavy atom. The van der Waals surface area contributed by atoms with E-state index >= 15 is 0 Å². The van der Waals surface area contributed by atoms with Gasteiger partial charge >= 0.3 is 6.18 Å². The van der Waals surface area contributed by atoms with E-state index in [1.165, 1.54) is 13.1 Å². The number of amides is 1. The molecular formula is C26H28F3N5O4. The van der Waals surface area contributed by atoms with Crippen molar-refractivity contribution in [2.24, 2.45) is 0 Å². The van der Waals surface area contributed by atoms with Crippen molar-refractivity contribution >= 4 is 17.3 Å². The summed E-state index contributed by atoms with van der Waals surface area (Å²) in [6, 6.07) is 4.18. The maximum Gasteiger partial charge on any atom is 0.421 e. The minimum atomic E-state index is -4.89. The van der Waals surface area contributed by atoms with E-state index in [0.717, 1.165) is 22.0 Å². The number of carbonyl (C=O) groups excluding carboxylic acids is 1. The Hall–Kier alpha value is -3.93. The lowest BCUT2D eigenvalue weighted by Crippen LogP contribution is -2.36. The van der Waals surface area contributed by atoms with Gasteiger partial charge in [-0.3, -0.25) is 14.6 Å². The van der Waals surface area contributed by atoms with Crippen LogP contribution in [0.1, 0.15) is 35.5 Å². The molecule has 38 heavy (non-hydrogen) atoms. The Kier molecular flexibility index (Phi) is 8.00. The summed E-state index contributed by atoms with van der Waals surface area (Å²) >= 11 is 0. The van der Waals surface area contributed by atoms with Crippen molar-refractivity contribution in [3.63, 3.8) is 0 Å². The molecule has 0 unspecified atom stereocenters. The Balaban J connectivity index is 1.67. The summed E-state index contributed by atoms with van der Waals surface area (Å²) in [6.07, 6.45) is -0.707. The second-order valence-corrected chi connectivity index (χ2v) is 8.62. The first-order valence-electron chi connectivity index (χ1n) is 12.2. The number of nitrogens with one attached hydrogen (secondary N) is 1.